The summed E-state index contributed by atoms with van der Waals surface area (Å²) < 4.78 is 13.5. The van der Waals surface area contributed by atoms with Gasteiger partial charge in [-0.05, 0) is 36.1 Å². The van der Waals surface area contributed by atoms with E-state index in [4.69, 9.17) is 0 Å². The van der Waals surface area contributed by atoms with E-state index in [-0.39, 0.29) is 6.04 Å². The Morgan fingerprint density at radius 1 is 1.15 bits per heavy atom. The van der Waals surface area contributed by atoms with Crippen molar-refractivity contribution in [2.75, 3.05) is 7.05 Å². The summed E-state index contributed by atoms with van der Waals surface area (Å²) in [6.07, 6.45) is 0.359. The minimum absolute atomic E-state index is 0.285. The molecule has 4 heteroatoms. The molecule has 1 unspecified atom stereocenters. The zero-order chi connectivity index (χ0) is 18.3. The molecule has 0 saturated heterocycles. The van der Waals surface area contributed by atoms with Gasteiger partial charge in [0.15, 0.2) is 0 Å². The Morgan fingerprint density at radius 2 is 1.92 bits per heavy atom. The van der Waals surface area contributed by atoms with Crippen LogP contribution in [0, 0.1) is 0 Å². The maximum Gasteiger partial charge on any atom is 0.138 e. The van der Waals surface area contributed by atoms with E-state index < -0.39 is 6.17 Å². The van der Waals surface area contributed by atoms with Crippen LogP contribution >= 0.6 is 0 Å². The molecule has 2 aromatic rings. The lowest BCUT2D eigenvalue weighted by molar-refractivity contribution is 0.341. The molecular formula is C22H22FN3. The number of hydrogen-bond donors (Lipinski definition) is 0. The third kappa shape index (κ3) is 2.85. The van der Waals surface area contributed by atoms with Gasteiger partial charge in [0, 0.05) is 24.7 Å². The summed E-state index contributed by atoms with van der Waals surface area (Å²) in [6.45, 7) is 5.83. The Labute approximate surface area is 153 Å². The number of halogens is 1. The zero-order valence-corrected chi connectivity index (χ0v) is 15.1. The van der Waals surface area contributed by atoms with Crippen LogP contribution in [0.5, 0.6) is 0 Å². The van der Waals surface area contributed by atoms with Gasteiger partial charge in [0.2, 0.25) is 0 Å². The first-order chi connectivity index (χ1) is 12.5. The quantitative estimate of drug-likeness (QED) is 0.784. The lowest BCUT2D eigenvalue weighted by atomic mass is 9.87. The molecule has 0 N–H and O–H groups in total. The maximum atomic E-state index is 13.5. The molecule has 4 rings (SSSR count). The molecule has 0 aliphatic carbocycles. The van der Waals surface area contributed by atoms with Crippen LogP contribution in [0.4, 0.5) is 4.39 Å². The van der Waals surface area contributed by atoms with Crippen molar-refractivity contribution in [2.24, 2.45) is 10.2 Å². The molecule has 26 heavy (non-hydrogen) atoms. The zero-order valence-electron chi connectivity index (χ0n) is 15.1. The monoisotopic (exact) mass is 347 g/mol. The Morgan fingerprint density at radius 3 is 2.62 bits per heavy atom. The molecule has 2 aliphatic heterocycles. The molecule has 2 atom stereocenters. The van der Waals surface area contributed by atoms with Gasteiger partial charge in [-0.1, -0.05) is 49.0 Å². The number of fused-ring (bicyclic) bond motifs is 1. The van der Waals surface area contributed by atoms with Crippen LogP contribution in [-0.4, -0.2) is 29.5 Å². The highest BCUT2D eigenvalue weighted by atomic mass is 19.1. The molecule has 0 amide bonds. The molecule has 2 aliphatic rings. The Bertz CT molecular complexity index is 912. The molecule has 0 bridgehead atoms. The number of alkyl halides is 1. The second-order valence-electron chi connectivity index (χ2n) is 6.99. The summed E-state index contributed by atoms with van der Waals surface area (Å²) in [5.41, 5.74) is 7.04. The third-order valence-electron chi connectivity index (χ3n) is 5.35. The topological polar surface area (TPSA) is 28.0 Å². The predicted octanol–water partition coefficient (Wildman–Crippen LogP) is 4.79. The van der Waals surface area contributed by atoms with Crippen LogP contribution in [0.1, 0.15) is 41.6 Å². The van der Waals surface area contributed by atoms with E-state index in [2.05, 4.69) is 71.2 Å². The predicted molar refractivity (Wildman–Crippen MR) is 105 cm³/mol. The van der Waals surface area contributed by atoms with Gasteiger partial charge in [0.05, 0.1) is 17.5 Å². The van der Waals surface area contributed by atoms with Gasteiger partial charge >= 0.3 is 0 Å². The van der Waals surface area contributed by atoms with Gasteiger partial charge < -0.3 is 4.90 Å². The van der Waals surface area contributed by atoms with Gasteiger partial charge in [0.1, 0.15) is 6.17 Å². The van der Waals surface area contributed by atoms with Crippen molar-refractivity contribution in [3.63, 3.8) is 0 Å². The standard InChI is InChI=1S/C22H22FN3/c1-14(23)20-13-21(25-24-20)18-10-9-17-12-22(16-7-5-4-6-8-16)26(3)15(2)19(17)11-18/h4-11,14,22H,2,12-13H2,1,3H3/t14?,22-/m1/s1. The summed E-state index contributed by atoms with van der Waals surface area (Å²) in [4.78, 5) is 2.24. The van der Waals surface area contributed by atoms with Crippen LogP contribution in [0.25, 0.3) is 5.70 Å². The number of hydrogen-bond acceptors (Lipinski definition) is 3. The molecule has 2 heterocycles. The summed E-state index contributed by atoms with van der Waals surface area (Å²) in [6, 6.07) is 17.1. The first kappa shape index (κ1) is 16.7. The van der Waals surface area contributed by atoms with Crippen molar-refractivity contribution in [2.45, 2.75) is 32.0 Å². The largest absolute Gasteiger partial charge is 0.367 e. The number of rotatable bonds is 3. The molecule has 2 aromatic carbocycles. The SMILES string of the molecule is C=C1c2cc(C3=NN=C(C(C)F)C3)ccc2C[C@H](c2ccccc2)N1C. The van der Waals surface area contributed by atoms with Crippen LogP contribution in [0.2, 0.25) is 0 Å². The van der Waals surface area contributed by atoms with Crippen LogP contribution < -0.4 is 0 Å². The maximum absolute atomic E-state index is 13.5. The van der Waals surface area contributed by atoms with Gasteiger partial charge in [-0.2, -0.15) is 10.2 Å². The number of likely N-dealkylation sites (N-methyl/N-ethyl adjacent to an activating group) is 1. The Hall–Kier alpha value is -2.75. The normalized spacial score (nSPS) is 20.5. The second kappa shape index (κ2) is 6.52. The van der Waals surface area contributed by atoms with E-state index in [1.165, 1.54) is 18.1 Å². The summed E-state index contributed by atoms with van der Waals surface area (Å²) in [5.74, 6) is 0. The molecule has 0 aromatic heterocycles. The van der Waals surface area contributed by atoms with Gasteiger partial charge in [-0.3, -0.25) is 0 Å². The minimum Gasteiger partial charge on any atom is -0.367 e. The highest BCUT2D eigenvalue weighted by Gasteiger charge is 2.28. The third-order valence-corrected chi connectivity index (χ3v) is 5.35. The fraction of sp³-hybridized carbons (Fsp3) is 0.273. The minimum atomic E-state index is -1.05. The van der Waals surface area contributed by atoms with Crippen molar-refractivity contribution < 1.29 is 4.39 Å². The average Bonchev–Trinajstić information content (AvgIpc) is 3.15. The number of nitrogens with zero attached hydrogens (tertiary/aromatic N) is 3. The summed E-state index contributed by atoms with van der Waals surface area (Å²) in [7, 11) is 2.09. The van der Waals surface area contributed by atoms with Crippen molar-refractivity contribution in [3.05, 3.63) is 77.4 Å². The van der Waals surface area contributed by atoms with Gasteiger partial charge in [0.25, 0.3) is 0 Å². The van der Waals surface area contributed by atoms with E-state index >= 15 is 0 Å². The first-order valence-electron chi connectivity index (χ1n) is 8.92. The van der Waals surface area contributed by atoms with Gasteiger partial charge in [-0.15, -0.1) is 0 Å². The number of benzene rings is 2. The Balaban J connectivity index is 1.63. The van der Waals surface area contributed by atoms with E-state index in [9.17, 15) is 4.39 Å². The Kier molecular flexibility index (Phi) is 4.19. The van der Waals surface area contributed by atoms with Crippen molar-refractivity contribution in [1.29, 1.82) is 0 Å². The first-order valence-corrected chi connectivity index (χ1v) is 8.92. The van der Waals surface area contributed by atoms with Crippen molar-refractivity contribution in [1.82, 2.24) is 4.90 Å². The highest BCUT2D eigenvalue weighted by Crippen LogP contribution is 2.38. The van der Waals surface area contributed by atoms with E-state index in [0.29, 0.717) is 12.1 Å². The molecule has 3 nitrogen and oxygen atoms in total. The second-order valence-corrected chi connectivity index (χ2v) is 6.99. The fourth-order valence-electron chi connectivity index (χ4n) is 3.69. The molecule has 0 fully saturated rings. The highest BCUT2D eigenvalue weighted by molar-refractivity contribution is 6.16. The summed E-state index contributed by atoms with van der Waals surface area (Å²) >= 11 is 0. The molecule has 0 saturated carbocycles. The van der Waals surface area contributed by atoms with E-state index in [0.717, 1.165) is 29.0 Å². The smallest absolute Gasteiger partial charge is 0.138 e. The lowest BCUT2D eigenvalue weighted by Gasteiger charge is -2.38. The lowest BCUT2D eigenvalue weighted by Crippen LogP contribution is -2.29. The van der Waals surface area contributed by atoms with E-state index in [1.54, 1.807) is 0 Å². The average molecular weight is 347 g/mol. The molecule has 132 valence electrons. The van der Waals surface area contributed by atoms with Crippen LogP contribution in [-0.2, 0) is 6.42 Å². The van der Waals surface area contributed by atoms with Crippen molar-refractivity contribution >= 4 is 17.1 Å². The van der Waals surface area contributed by atoms with Crippen molar-refractivity contribution in [3.8, 4) is 0 Å². The summed E-state index contributed by atoms with van der Waals surface area (Å²) in [5, 5.41) is 8.17. The molecule has 0 spiro atoms. The molecule has 0 radical (unpaired) electrons. The van der Waals surface area contributed by atoms with Gasteiger partial charge in [-0.25, -0.2) is 4.39 Å². The fourth-order valence-corrected chi connectivity index (χ4v) is 3.69. The van der Waals surface area contributed by atoms with E-state index in [1.807, 2.05) is 6.07 Å². The molecular weight excluding hydrogens is 325 g/mol. The van der Waals surface area contributed by atoms with Crippen LogP contribution in [0.3, 0.4) is 0 Å². The van der Waals surface area contributed by atoms with Crippen LogP contribution in [0.15, 0.2) is 65.3 Å².